The van der Waals surface area contributed by atoms with Crippen molar-refractivity contribution in [2.24, 2.45) is 0 Å². The van der Waals surface area contributed by atoms with Gasteiger partial charge < -0.3 is 4.98 Å². The van der Waals surface area contributed by atoms with Gasteiger partial charge in [-0.05, 0) is 35.7 Å². The first kappa shape index (κ1) is 11.0. The molecule has 2 aromatic carbocycles. The number of H-pyrrole nitrogens is 1. The van der Waals surface area contributed by atoms with Gasteiger partial charge in [0.1, 0.15) is 0 Å². The molecule has 2 heteroatoms. The van der Waals surface area contributed by atoms with E-state index in [1.807, 2.05) is 36.4 Å². The fraction of sp³-hybridized carbons (Fsp3) is 0.188. The third kappa shape index (κ3) is 1.61. The van der Waals surface area contributed by atoms with Crippen LogP contribution in [0.4, 0.5) is 0 Å². The van der Waals surface area contributed by atoms with Gasteiger partial charge >= 0.3 is 0 Å². The normalized spacial score (nSPS) is 11.5. The monoisotopic (exact) mass is 237 g/mol. The zero-order valence-corrected chi connectivity index (χ0v) is 10.5. The van der Waals surface area contributed by atoms with Gasteiger partial charge in [-0.3, -0.25) is 4.79 Å². The van der Waals surface area contributed by atoms with Crippen LogP contribution in [0.5, 0.6) is 0 Å². The van der Waals surface area contributed by atoms with E-state index in [9.17, 15) is 4.79 Å². The van der Waals surface area contributed by atoms with Crippen LogP contribution in [0, 0.1) is 0 Å². The van der Waals surface area contributed by atoms with Gasteiger partial charge in [0, 0.05) is 21.8 Å². The number of para-hydroxylation sites is 1. The van der Waals surface area contributed by atoms with E-state index in [2.05, 4.69) is 24.9 Å². The quantitative estimate of drug-likeness (QED) is 0.641. The van der Waals surface area contributed by atoms with Gasteiger partial charge in [-0.15, -0.1) is 0 Å². The Morgan fingerprint density at radius 1 is 0.944 bits per heavy atom. The molecule has 18 heavy (non-hydrogen) atoms. The van der Waals surface area contributed by atoms with E-state index in [-0.39, 0.29) is 5.43 Å². The Morgan fingerprint density at radius 3 is 2.44 bits per heavy atom. The van der Waals surface area contributed by atoms with Gasteiger partial charge in [0.25, 0.3) is 0 Å². The van der Waals surface area contributed by atoms with Gasteiger partial charge in [0.05, 0.1) is 0 Å². The number of aromatic amines is 1. The molecule has 0 unspecified atom stereocenters. The highest BCUT2D eigenvalue weighted by Crippen LogP contribution is 2.20. The molecule has 0 saturated heterocycles. The summed E-state index contributed by atoms with van der Waals surface area (Å²) < 4.78 is 0. The number of fused-ring (bicyclic) bond motifs is 2. The molecule has 0 aliphatic heterocycles. The minimum Gasteiger partial charge on any atom is -0.354 e. The molecular weight excluding hydrogens is 222 g/mol. The second-order valence-corrected chi connectivity index (χ2v) is 4.96. The second-order valence-electron chi connectivity index (χ2n) is 4.96. The predicted octanol–water partition coefficient (Wildman–Crippen LogP) is 3.80. The van der Waals surface area contributed by atoms with Crippen LogP contribution in [-0.4, -0.2) is 4.98 Å². The maximum absolute atomic E-state index is 12.4. The molecule has 1 aromatic heterocycles. The molecule has 0 spiro atoms. The van der Waals surface area contributed by atoms with Gasteiger partial charge in [0.15, 0.2) is 5.43 Å². The molecule has 3 rings (SSSR count). The molecular formula is C16H15NO. The van der Waals surface area contributed by atoms with Crippen molar-refractivity contribution >= 4 is 21.8 Å². The van der Waals surface area contributed by atoms with Crippen LogP contribution < -0.4 is 5.43 Å². The lowest BCUT2D eigenvalue weighted by molar-refractivity contribution is 0.868. The summed E-state index contributed by atoms with van der Waals surface area (Å²) in [6, 6.07) is 13.7. The number of rotatable bonds is 1. The molecule has 0 atom stereocenters. The van der Waals surface area contributed by atoms with Crippen molar-refractivity contribution in [3.05, 3.63) is 58.3 Å². The number of pyridine rings is 1. The van der Waals surface area contributed by atoms with E-state index in [0.29, 0.717) is 5.92 Å². The molecule has 1 N–H and O–H groups in total. The Morgan fingerprint density at radius 2 is 1.67 bits per heavy atom. The smallest absolute Gasteiger partial charge is 0.197 e. The lowest BCUT2D eigenvalue weighted by atomic mass is 10.00. The van der Waals surface area contributed by atoms with Crippen molar-refractivity contribution in [2.45, 2.75) is 19.8 Å². The summed E-state index contributed by atoms with van der Waals surface area (Å²) in [4.78, 5) is 15.8. The Balaban J connectivity index is 2.45. The fourth-order valence-corrected chi connectivity index (χ4v) is 2.30. The average Bonchev–Trinajstić information content (AvgIpc) is 2.38. The summed E-state index contributed by atoms with van der Waals surface area (Å²) in [5.74, 6) is 0.431. The highest BCUT2D eigenvalue weighted by atomic mass is 16.1. The van der Waals surface area contributed by atoms with Crippen molar-refractivity contribution in [1.82, 2.24) is 4.98 Å². The highest BCUT2D eigenvalue weighted by Gasteiger charge is 2.07. The van der Waals surface area contributed by atoms with E-state index < -0.39 is 0 Å². The fourth-order valence-electron chi connectivity index (χ4n) is 2.30. The Labute approximate surface area is 105 Å². The minimum atomic E-state index is 0.113. The second kappa shape index (κ2) is 3.98. The maximum Gasteiger partial charge on any atom is 0.197 e. The van der Waals surface area contributed by atoms with Crippen LogP contribution in [0.25, 0.3) is 21.8 Å². The van der Waals surface area contributed by atoms with Crippen LogP contribution >= 0.6 is 0 Å². The molecule has 2 nitrogen and oxygen atoms in total. The largest absolute Gasteiger partial charge is 0.354 e. The summed E-state index contributed by atoms with van der Waals surface area (Å²) in [5.41, 5.74) is 3.11. The molecule has 0 aliphatic rings. The van der Waals surface area contributed by atoms with Crippen molar-refractivity contribution in [2.75, 3.05) is 0 Å². The summed E-state index contributed by atoms with van der Waals surface area (Å²) in [5, 5.41) is 1.53. The molecule has 0 radical (unpaired) electrons. The number of benzene rings is 2. The lowest BCUT2D eigenvalue weighted by Gasteiger charge is -2.07. The third-order valence-electron chi connectivity index (χ3n) is 3.40. The average molecular weight is 237 g/mol. The van der Waals surface area contributed by atoms with Gasteiger partial charge in [-0.1, -0.05) is 32.0 Å². The zero-order valence-electron chi connectivity index (χ0n) is 10.5. The van der Waals surface area contributed by atoms with E-state index in [1.165, 1.54) is 5.56 Å². The standard InChI is InChI=1S/C16H15NO/c1-10(2)11-7-8-15-13(9-11)16(18)12-5-3-4-6-14(12)17-15/h3-10H,1-2H3,(H,17,18). The minimum absolute atomic E-state index is 0.113. The van der Waals surface area contributed by atoms with Crippen LogP contribution in [0.3, 0.4) is 0 Å². The molecule has 0 bridgehead atoms. The topological polar surface area (TPSA) is 32.9 Å². The van der Waals surface area contributed by atoms with Crippen molar-refractivity contribution in [1.29, 1.82) is 0 Å². The highest BCUT2D eigenvalue weighted by molar-refractivity contribution is 5.92. The number of aromatic nitrogens is 1. The first-order valence-electron chi connectivity index (χ1n) is 6.21. The van der Waals surface area contributed by atoms with Crippen molar-refractivity contribution in [3.8, 4) is 0 Å². The zero-order chi connectivity index (χ0) is 12.7. The summed E-state index contributed by atoms with van der Waals surface area (Å²) in [7, 11) is 0. The number of nitrogens with one attached hydrogen (secondary N) is 1. The van der Waals surface area contributed by atoms with Crippen molar-refractivity contribution in [3.63, 3.8) is 0 Å². The molecule has 0 aliphatic carbocycles. The maximum atomic E-state index is 12.4. The summed E-state index contributed by atoms with van der Waals surface area (Å²) in [6.07, 6.45) is 0. The van der Waals surface area contributed by atoms with Gasteiger partial charge in [0.2, 0.25) is 0 Å². The molecule has 90 valence electrons. The third-order valence-corrected chi connectivity index (χ3v) is 3.40. The Kier molecular flexibility index (Phi) is 2.44. The Bertz CT molecular complexity index is 784. The van der Waals surface area contributed by atoms with Gasteiger partial charge in [-0.2, -0.15) is 0 Å². The molecule has 0 fully saturated rings. The van der Waals surface area contributed by atoms with E-state index in [0.717, 1.165) is 21.8 Å². The predicted molar refractivity (Wildman–Crippen MR) is 76.2 cm³/mol. The molecule has 0 amide bonds. The van der Waals surface area contributed by atoms with Crippen LogP contribution in [0.15, 0.2) is 47.3 Å². The van der Waals surface area contributed by atoms with Crippen LogP contribution in [0.2, 0.25) is 0 Å². The van der Waals surface area contributed by atoms with Gasteiger partial charge in [-0.25, -0.2) is 0 Å². The summed E-state index contributed by atoms with van der Waals surface area (Å²) >= 11 is 0. The summed E-state index contributed by atoms with van der Waals surface area (Å²) in [6.45, 7) is 4.27. The lowest BCUT2D eigenvalue weighted by Crippen LogP contribution is -2.04. The van der Waals surface area contributed by atoms with Crippen molar-refractivity contribution < 1.29 is 0 Å². The first-order chi connectivity index (χ1) is 8.66. The first-order valence-corrected chi connectivity index (χ1v) is 6.21. The SMILES string of the molecule is CC(C)c1ccc2[nH]c3ccccc3c(=O)c2c1. The van der Waals surface area contributed by atoms with Crippen LogP contribution in [-0.2, 0) is 0 Å². The molecule has 0 saturated carbocycles. The Hall–Kier alpha value is -2.09. The molecule has 3 aromatic rings. The number of hydrogen-bond donors (Lipinski definition) is 1. The molecule has 1 heterocycles. The van der Waals surface area contributed by atoms with E-state index in [4.69, 9.17) is 0 Å². The number of hydrogen-bond acceptors (Lipinski definition) is 1. The van der Waals surface area contributed by atoms with Crippen LogP contribution in [0.1, 0.15) is 25.3 Å². The van der Waals surface area contributed by atoms with E-state index >= 15 is 0 Å². The van der Waals surface area contributed by atoms with E-state index in [1.54, 1.807) is 0 Å².